The quantitative estimate of drug-likeness (QED) is 0.360. The van der Waals surface area contributed by atoms with E-state index in [1.807, 2.05) is 26.0 Å². The Hall–Kier alpha value is -3.43. The third kappa shape index (κ3) is 6.79. The highest BCUT2D eigenvalue weighted by atomic mass is 32.1. The molecule has 0 radical (unpaired) electrons. The molecule has 9 heteroatoms. The smallest absolute Gasteiger partial charge is 0.265 e. The Morgan fingerprint density at radius 3 is 2.53 bits per heavy atom. The van der Waals surface area contributed by atoms with Gasteiger partial charge in [0.1, 0.15) is 6.04 Å². The molecule has 0 spiro atoms. The monoisotopic (exact) mass is 483 g/mol. The van der Waals surface area contributed by atoms with Gasteiger partial charge in [-0.2, -0.15) is 0 Å². The molecule has 1 saturated heterocycles. The molecule has 2 aromatic carbocycles. The average Bonchev–Trinajstić information content (AvgIpc) is 3.18. The standard InChI is InChI=1S/C22H22N4O3S.C2H6.CH5N/c23-14-8-9-18-13(11-14)12-19(30-18)22(29)25-16-6-2-1-5-15(16)20(27)26-17-7-3-4-10-24-21(17)28;2*1-2/h1-2,5-6,8-9,11-12,17H,3-4,7,10,23H2,(H,24,28)(H,25,29)(H,26,27);1-2H3;2H2,1H3. The van der Waals surface area contributed by atoms with E-state index in [9.17, 15) is 14.4 Å². The van der Waals surface area contributed by atoms with Gasteiger partial charge in [0.25, 0.3) is 11.8 Å². The summed E-state index contributed by atoms with van der Waals surface area (Å²) in [5.41, 5.74) is 11.7. The number of amides is 3. The largest absolute Gasteiger partial charge is 0.399 e. The molecule has 4 rings (SSSR count). The van der Waals surface area contributed by atoms with E-state index in [2.05, 4.69) is 21.7 Å². The second kappa shape index (κ2) is 13.3. The Morgan fingerprint density at radius 1 is 1.03 bits per heavy atom. The van der Waals surface area contributed by atoms with Crippen molar-refractivity contribution in [1.82, 2.24) is 10.6 Å². The number of carbonyl (C=O) groups is 3. The maximum absolute atomic E-state index is 12.8. The second-order valence-electron chi connectivity index (χ2n) is 7.22. The number of hydrogen-bond donors (Lipinski definition) is 5. The second-order valence-corrected chi connectivity index (χ2v) is 8.30. The summed E-state index contributed by atoms with van der Waals surface area (Å²) in [6, 6.07) is 13.5. The van der Waals surface area contributed by atoms with Crippen molar-refractivity contribution < 1.29 is 14.4 Å². The number of rotatable bonds is 4. The van der Waals surface area contributed by atoms with Crippen LogP contribution in [0, 0.1) is 0 Å². The zero-order chi connectivity index (χ0) is 25.1. The zero-order valence-corrected chi connectivity index (χ0v) is 20.6. The van der Waals surface area contributed by atoms with E-state index in [0.717, 1.165) is 22.9 Å². The number of thiophene rings is 1. The van der Waals surface area contributed by atoms with E-state index in [1.54, 1.807) is 36.4 Å². The van der Waals surface area contributed by atoms with Gasteiger partial charge in [-0.05, 0) is 68.1 Å². The number of carbonyl (C=O) groups excluding carboxylic acids is 3. The highest BCUT2D eigenvalue weighted by Gasteiger charge is 2.24. The Labute approximate surface area is 204 Å². The SMILES string of the molecule is CC.CN.Nc1ccc2sc(C(=O)Nc3ccccc3C(=O)NC3CCCCNC3=O)cc2c1. The summed E-state index contributed by atoms with van der Waals surface area (Å²) in [4.78, 5) is 38.3. The molecular formula is C25H33N5O3S. The van der Waals surface area contributed by atoms with Crippen LogP contribution in [0.4, 0.5) is 11.4 Å². The van der Waals surface area contributed by atoms with E-state index < -0.39 is 11.9 Å². The van der Waals surface area contributed by atoms with Crippen LogP contribution < -0.4 is 27.4 Å². The molecule has 3 aromatic rings. The minimum absolute atomic E-state index is 0.174. The van der Waals surface area contributed by atoms with Gasteiger partial charge in [-0.25, -0.2) is 0 Å². The number of nitrogen functional groups attached to an aromatic ring is 1. The van der Waals surface area contributed by atoms with Gasteiger partial charge in [0.15, 0.2) is 0 Å². The molecule has 1 unspecified atom stereocenters. The van der Waals surface area contributed by atoms with Crippen molar-refractivity contribution in [2.75, 3.05) is 24.6 Å². The lowest BCUT2D eigenvalue weighted by Gasteiger charge is -2.17. The molecule has 1 fully saturated rings. The number of para-hydroxylation sites is 1. The molecule has 1 aliphatic heterocycles. The number of nitrogens with one attached hydrogen (secondary N) is 3. The first-order valence-electron chi connectivity index (χ1n) is 11.4. The van der Waals surface area contributed by atoms with E-state index in [4.69, 9.17) is 5.73 Å². The molecule has 3 amide bonds. The van der Waals surface area contributed by atoms with Crippen LogP contribution in [0.2, 0.25) is 0 Å². The van der Waals surface area contributed by atoms with Crippen molar-refractivity contribution in [3.05, 3.63) is 59.0 Å². The summed E-state index contributed by atoms with van der Waals surface area (Å²) in [5.74, 6) is -0.869. The summed E-state index contributed by atoms with van der Waals surface area (Å²) in [6.07, 6.45) is 2.35. The summed E-state index contributed by atoms with van der Waals surface area (Å²) >= 11 is 1.36. The average molecular weight is 484 g/mol. The summed E-state index contributed by atoms with van der Waals surface area (Å²) < 4.78 is 0.958. The minimum Gasteiger partial charge on any atom is -0.399 e. The van der Waals surface area contributed by atoms with Crippen LogP contribution in [0.15, 0.2) is 48.5 Å². The Kier molecular flexibility index (Phi) is 10.5. The molecular weight excluding hydrogens is 450 g/mol. The first-order valence-corrected chi connectivity index (χ1v) is 12.2. The highest BCUT2D eigenvalue weighted by molar-refractivity contribution is 7.20. The van der Waals surface area contributed by atoms with Crippen LogP contribution in [-0.2, 0) is 4.79 Å². The lowest BCUT2D eigenvalue weighted by atomic mass is 10.1. The van der Waals surface area contributed by atoms with Gasteiger partial charge in [0.05, 0.1) is 16.1 Å². The third-order valence-corrected chi connectivity index (χ3v) is 6.14. The lowest BCUT2D eigenvalue weighted by Crippen LogP contribution is -2.45. The van der Waals surface area contributed by atoms with Crippen molar-refractivity contribution in [2.24, 2.45) is 5.73 Å². The third-order valence-electron chi connectivity index (χ3n) is 5.02. The summed E-state index contributed by atoms with van der Waals surface area (Å²) in [5, 5.41) is 9.32. The van der Waals surface area contributed by atoms with Gasteiger partial charge in [-0.1, -0.05) is 26.0 Å². The zero-order valence-electron chi connectivity index (χ0n) is 19.8. The van der Waals surface area contributed by atoms with Crippen molar-refractivity contribution >= 4 is 50.5 Å². The molecule has 1 aliphatic rings. The first-order chi connectivity index (χ1) is 16.5. The minimum atomic E-state index is -0.572. The molecule has 2 heterocycles. The van der Waals surface area contributed by atoms with Crippen molar-refractivity contribution in [1.29, 1.82) is 0 Å². The number of nitrogens with two attached hydrogens (primary N) is 2. The van der Waals surface area contributed by atoms with Crippen LogP contribution in [0.1, 0.15) is 53.1 Å². The molecule has 34 heavy (non-hydrogen) atoms. The molecule has 1 aromatic heterocycles. The molecule has 7 N–H and O–H groups in total. The van der Waals surface area contributed by atoms with E-state index in [1.165, 1.54) is 18.4 Å². The fourth-order valence-corrected chi connectivity index (χ4v) is 4.40. The predicted molar refractivity (Wildman–Crippen MR) is 140 cm³/mol. The number of anilines is 2. The molecule has 1 atom stereocenters. The summed E-state index contributed by atoms with van der Waals surface area (Å²) in [6.45, 7) is 4.62. The van der Waals surface area contributed by atoms with Crippen LogP contribution in [0.5, 0.6) is 0 Å². The van der Waals surface area contributed by atoms with Crippen LogP contribution >= 0.6 is 11.3 Å². The van der Waals surface area contributed by atoms with Gasteiger partial charge < -0.3 is 27.4 Å². The number of fused-ring (bicyclic) bond motifs is 1. The Bertz CT molecular complexity index is 1130. The van der Waals surface area contributed by atoms with Gasteiger partial charge in [0.2, 0.25) is 5.91 Å². The molecule has 8 nitrogen and oxygen atoms in total. The van der Waals surface area contributed by atoms with Gasteiger partial charge in [-0.3, -0.25) is 14.4 Å². The molecule has 0 bridgehead atoms. The Morgan fingerprint density at radius 2 is 1.76 bits per heavy atom. The summed E-state index contributed by atoms with van der Waals surface area (Å²) in [7, 11) is 1.50. The van der Waals surface area contributed by atoms with Crippen molar-refractivity contribution in [2.45, 2.75) is 39.2 Å². The fraction of sp³-hybridized carbons (Fsp3) is 0.320. The molecule has 0 saturated carbocycles. The number of hydrogen-bond acceptors (Lipinski definition) is 6. The number of benzene rings is 2. The van der Waals surface area contributed by atoms with Gasteiger partial charge in [-0.15, -0.1) is 11.3 Å². The topological polar surface area (TPSA) is 139 Å². The van der Waals surface area contributed by atoms with Gasteiger partial charge in [0, 0.05) is 16.9 Å². The lowest BCUT2D eigenvalue weighted by molar-refractivity contribution is -0.122. The van der Waals surface area contributed by atoms with Crippen LogP contribution in [0.25, 0.3) is 10.1 Å². The van der Waals surface area contributed by atoms with E-state index >= 15 is 0 Å². The van der Waals surface area contributed by atoms with Crippen LogP contribution in [-0.4, -0.2) is 37.4 Å². The molecule has 0 aliphatic carbocycles. The van der Waals surface area contributed by atoms with E-state index in [-0.39, 0.29) is 11.8 Å². The predicted octanol–water partition coefficient (Wildman–Crippen LogP) is 3.74. The maximum atomic E-state index is 12.8. The first kappa shape index (κ1) is 26.8. The van der Waals surface area contributed by atoms with Crippen LogP contribution in [0.3, 0.4) is 0 Å². The highest BCUT2D eigenvalue weighted by Crippen LogP contribution is 2.28. The van der Waals surface area contributed by atoms with Crippen molar-refractivity contribution in [3.8, 4) is 0 Å². The fourth-order valence-electron chi connectivity index (χ4n) is 3.46. The van der Waals surface area contributed by atoms with Crippen molar-refractivity contribution in [3.63, 3.8) is 0 Å². The maximum Gasteiger partial charge on any atom is 0.265 e. The van der Waals surface area contributed by atoms with Gasteiger partial charge >= 0.3 is 0 Å². The molecule has 182 valence electrons. The normalized spacial score (nSPS) is 14.9. The Balaban J connectivity index is 0.000000970. The van der Waals surface area contributed by atoms with E-state index in [0.29, 0.717) is 34.8 Å².